The lowest BCUT2D eigenvalue weighted by Crippen LogP contribution is -2.28. The highest BCUT2D eigenvalue weighted by molar-refractivity contribution is 6.04. The van der Waals surface area contributed by atoms with Crippen molar-refractivity contribution in [3.63, 3.8) is 0 Å². The molecule has 1 aliphatic heterocycles. The van der Waals surface area contributed by atoms with Gasteiger partial charge in [0, 0.05) is 35.8 Å². The lowest BCUT2D eigenvalue weighted by atomic mass is 9.97. The third-order valence-electron chi connectivity index (χ3n) is 6.49. The van der Waals surface area contributed by atoms with Crippen molar-refractivity contribution < 1.29 is 18.8 Å². The van der Waals surface area contributed by atoms with Gasteiger partial charge >= 0.3 is 0 Å². The highest BCUT2D eigenvalue weighted by atomic mass is 16.5. The van der Waals surface area contributed by atoms with Crippen LogP contribution in [0.5, 0.6) is 11.5 Å². The van der Waals surface area contributed by atoms with Gasteiger partial charge in [-0.15, -0.1) is 0 Å². The molecule has 2 heterocycles. The van der Waals surface area contributed by atoms with Gasteiger partial charge in [0.25, 0.3) is 5.91 Å². The number of aryl methyl sites for hydroxylation is 2. The number of hydrogen-bond acceptors (Lipinski definition) is 7. The summed E-state index contributed by atoms with van der Waals surface area (Å²) in [7, 11) is 1.61. The molecule has 0 bridgehead atoms. The topological polar surface area (TPSA) is 98.5 Å². The molecule has 3 aromatic carbocycles. The van der Waals surface area contributed by atoms with Crippen LogP contribution in [0.15, 0.2) is 65.2 Å². The zero-order chi connectivity index (χ0) is 25.8. The first kappa shape index (κ1) is 24.5. The van der Waals surface area contributed by atoms with E-state index in [2.05, 4.69) is 20.8 Å². The molecule has 4 aromatic rings. The van der Waals surface area contributed by atoms with Crippen LogP contribution in [0.1, 0.15) is 34.7 Å². The molecule has 2 N–H and O–H groups in total. The monoisotopic (exact) mass is 498 g/mol. The molecule has 190 valence electrons. The van der Waals surface area contributed by atoms with Gasteiger partial charge in [-0.05, 0) is 73.3 Å². The second-order valence-electron chi connectivity index (χ2n) is 9.17. The number of ether oxygens (including phenoxy) is 2. The number of carbonyl (C=O) groups excluding carboxylic acids is 1. The Hall–Kier alpha value is -4.17. The van der Waals surface area contributed by atoms with Crippen LogP contribution in [0.25, 0.3) is 22.5 Å². The Labute approximate surface area is 216 Å². The largest absolute Gasteiger partial charge is 0.493 e. The molecule has 1 saturated heterocycles. The molecule has 1 atom stereocenters. The number of aromatic nitrogens is 2. The minimum atomic E-state index is -0.195. The normalized spacial score (nSPS) is 14.9. The quantitative estimate of drug-likeness (QED) is 0.335. The number of hydrogen-bond donors (Lipinski definition) is 2. The summed E-state index contributed by atoms with van der Waals surface area (Å²) in [6, 6.07) is 19.3. The zero-order valence-corrected chi connectivity index (χ0v) is 21.2. The van der Waals surface area contributed by atoms with Crippen molar-refractivity contribution in [3.05, 3.63) is 77.7 Å². The number of methoxy groups -OCH3 is 1. The van der Waals surface area contributed by atoms with Gasteiger partial charge in [0.1, 0.15) is 6.61 Å². The third-order valence-corrected chi connectivity index (χ3v) is 6.49. The zero-order valence-electron chi connectivity index (χ0n) is 21.2. The second-order valence-corrected chi connectivity index (χ2v) is 9.17. The van der Waals surface area contributed by atoms with E-state index in [0.717, 1.165) is 41.6 Å². The minimum absolute atomic E-state index is 0.195. The number of nitrogens with zero attached hydrogens (tertiary/aromatic N) is 2. The SMILES string of the molecule is COc1ccc(NC(=O)c2ccc(-c3ccc(-c4noc(C)n4)cc3C)cc2)cc1OC[C@H]1CCCN1. The fourth-order valence-corrected chi connectivity index (χ4v) is 4.50. The molecule has 8 nitrogen and oxygen atoms in total. The van der Waals surface area contributed by atoms with Gasteiger partial charge in [-0.1, -0.05) is 29.4 Å². The Morgan fingerprint density at radius 1 is 1.05 bits per heavy atom. The summed E-state index contributed by atoms with van der Waals surface area (Å²) in [6.45, 7) is 5.39. The fraction of sp³-hybridized carbons (Fsp3) is 0.276. The summed E-state index contributed by atoms with van der Waals surface area (Å²) in [4.78, 5) is 17.2. The van der Waals surface area contributed by atoms with E-state index in [-0.39, 0.29) is 5.91 Å². The summed E-state index contributed by atoms with van der Waals surface area (Å²) in [5, 5.41) is 10.4. The molecule has 8 heteroatoms. The molecule has 0 unspecified atom stereocenters. The van der Waals surface area contributed by atoms with Gasteiger partial charge in [-0.25, -0.2) is 0 Å². The van der Waals surface area contributed by atoms with Crippen molar-refractivity contribution in [1.82, 2.24) is 15.5 Å². The van der Waals surface area contributed by atoms with Crippen molar-refractivity contribution in [2.75, 3.05) is 25.6 Å². The first-order chi connectivity index (χ1) is 18.0. The van der Waals surface area contributed by atoms with Crippen LogP contribution in [0.2, 0.25) is 0 Å². The summed E-state index contributed by atoms with van der Waals surface area (Å²) < 4.78 is 16.5. The van der Waals surface area contributed by atoms with Crippen LogP contribution in [0, 0.1) is 13.8 Å². The van der Waals surface area contributed by atoms with Crippen LogP contribution in [0.3, 0.4) is 0 Å². The van der Waals surface area contributed by atoms with E-state index in [1.165, 1.54) is 0 Å². The Balaban J connectivity index is 1.27. The van der Waals surface area contributed by atoms with Crippen LogP contribution >= 0.6 is 0 Å². The van der Waals surface area contributed by atoms with E-state index in [1.54, 1.807) is 26.2 Å². The van der Waals surface area contributed by atoms with Crippen LogP contribution in [-0.4, -0.2) is 42.4 Å². The maximum absolute atomic E-state index is 12.9. The number of anilines is 1. The predicted octanol–water partition coefficient (Wildman–Crippen LogP) is 5.41. The maximum Gasteiger partial charge on any atom is 0.255 e. The molecule has 0 aliphatic carbocycles. The first-order valence-corrected chi connectivity index (χ1v) is 12.4. The lowest BCUT2D eigenvalue weighted by molar-refractivity contribution is 0.102. The number of amides is 1. The molecular formula is C29H30N4O4. The molecular weight excluding hydrogens is 468 g/mol. The molecule has 0 radical (unpaired) electrons. The average Bonchev–Trinajstić information content (AvgIpc) is 3.59. The Bertz CT molecular complexity index is 1390. The van der Waals surface area contributed by atoms with Crippen molar-refractivity contribution in [2.24, 2.45) is 0 Å². The standard InChI is InChI=1S/C29H30N4O4/c1-18-15-22(28-31-19(2)37-33-28)10-12-25(18)20-6-8-21(9-7-20)29(34)32-23-11-13-26(35-3)27(16-23)36-17-24-5-4-14-30-24/h6-13,15-16,24,30H,4-5,14,17H2,1-3H3,(H,32,34)/t24-/m1/s1. The Morgan fingerprint density at radius 2 is 1.86 bits per heavy atom. The maximum atomic E-state index is 12.9. The second kappa shape index (κ2) is 10.8. The summed E-state index contributed by atoms with van der Waals surface area (Å²) >= 11 is 0. The molecule has 1 aromatic heterocycles. The predicted molar refractivity (Wildman–Crippen MR) is 142 cm³/mol. The van der Waals surface area contributed by atoms with E-state index < -0.39 is 0 Å². The summed E-state index contributed by atoms with van der Waals surface area (Å²) in [5.74, 6) is 2.15. The van der Waals surface area contributed by atoms with Crippen molar-refractivity contribution in [3.8, 4) is 34.0 Å². The van der Waals surface area contributed by atoms with Gasteiger partial charge in [0.2, 0.25) is 11.7 Å². The summed E-state index contributed by atoms with van der Waals surface area (Å²) in [6.07, 6.45) is 2.25. The van der Waals surface area contributed by atoms with Gasteiger partial charge in [0.05, 0.1) is 7.11 Å². The molecule has 1 fully saturated rings. The fourth-order valence-electron chi connectivity index (χ4n) is 4.50. The molecule has 1 aliphatic rings. The van der Waals surface area contributed by atoms with E-state index in [1.807, 2.05) is 55.5 Å². The number of nitrogens with one attached hydrogen (secondary N) is 2. The molecule has 1 amide bonds. The molecule has 37 heavy (non-hydrogen) atoms. The highest BCUT2D eigenvalue weighted by Crippen LogP contribution is 2.31. The Kier molecular flexibility index (Phi) is 7.18. The smallest absolute Gasteiger partial charge is 0.255 e. The van der Waals surface area contributed by atoms with E-state index in [4.69, 9.17) is 14.0 Å². The van der Waals surface area contributed by atoms with Gasteiger partial charge in [-0.2, -0.15) is 4.98 Å². The number of benzene rings is 3. The minimum Gasteiger partial charge on any atom is -0.493 e. The van der Waals surface area contributed by atoms with Gasteiger partial charge < -0.3 is 24.6 Å². The van der Waals surface area contributed by atoms with Crippen LogP contribution < -0.4 is 20.1 Å². The highest BCUT2D eigenvalue weighted by Gasteiger charge is 2.17. The Morgan fingerprint density at radius 3 is 2.54 bits per heavy atom. The third kappa shape index (κ3) is 5.65. The van der Waals surface area contributed by atoms with Crippen molar-refractivity contribution in [2.45, 2.75) is 32.7 Å². The van der Waals surface area contributed by atoms with Crippen LogP contribution in [0.4, 0.5) is 5.69 Å². The first-order valence-electron chi connectivity index (χ1n) is 12.4. The van der Waals surface area contributed by atoms with Crippen molar-refractivity contribution in [1.29, 1.82) is 0 Å². The van der Waals surface area contributed by atoms with Gasteiger partial charge in [0.15, 0.2) is 11.5 Å². The van der Waals surface area contributed by atoms with Crippen molar-refractivity contribution >= 4 is 11.6 Å². The molecule has 5 rings (SSSR count). The van der Waals surface area contributed by atoms with E-state index in [0.29, 0.717) is 47.1 Å². The van der Waals surface area contributed by atoms with E-state index in [9.17, 15) is 4.79 Å². The summed E-state index contributed by atoms with van der Waals surface area (Å²) in [5.41, 5.74) is 5.28. The number of carbonyl (C=O) groups is 1. The number of rotatable bonds is 8. The molecule has 0 saturated carbocycles. The van der Waals surface area contributed by atoms with Crippen LogP contribution in [-0.2, 0) is 0 Å². The average molecular weight is 499 g/mol. The lowest BCUT2D eigenvalue weighted by Gasteiger charge is -2.16. The van der Waals surface area contributed by atoms with E-state index >= 15 is 0 Å². The molecule has 0 spiro atoms. The van der Waals surface area contributed by atoms with Gasteiger partial charge in [-0.3, -0.25) is 4.79 Å².